The largest absolute Gasteiger partial charge is 0.457 e. The van der Waals surface area contributed by atoms with Crippen molar-refractivity contribution in [3.05, 3.63) is 36.1 Å². The van der Waals surface area contributed by atoms with Crippen molar-refractivity contribution in [2.45, 2.75) is 6.10 Å². The lowest BCUT2D eigenvalue weighted by atomic mass is 10.2. The lowest BCUT2D eigenvalue weighted by molar-refractivity contribution is 0.207. The Labute approximate surface area is 74.8 Å². The second-order valence-corrected chi connectivity index (χ2v) is 2.72. The molecule has 1 aromatic heterocycles. The zero-order chi connectivity index (χ0) is 9.26. The molecule has 0 aliphatic carbocycles. The number of nitriles is 1. The quantitative estimate of drug-likeness (QED) is 0.671. The summed E-state index contributed by atoms with van der Waals surface area (Å²) in [5.41, 5.74) is 0.687. The van der Waals surface area contributed by atoms with Gasteiger partial charge in [-0.1, -0.05) is 18.2 Å². The van der Waals surface area contributed by atoms with E-state index in [-0.39, 0.29) is 0 Å². The van der Waals surface area contributed by atoms with E-state index in [1.54, 1.807) is 18.2 Å². The van der Waals surface area contributed by atoms with E-state index in [0.29, 0.717) is 11.3 Å². The maximum absolute atomic E-state index is 9.18. The van der Waals surface area contributed by atoms with Crippen molar-refractivity contribution in [2.24, 2.45) is 0 Å². The molecule has 13 heavy (non-hydrogen) atoms. The van der Waals surface area contributed by atoms with Gasteiger partial charge in [-0.2, -0.15) is 5.26 Å². The molecular weight excluding hydrogens is 166 g/mol. The molecule has 0 spiro atoms. The van der Waals surface area contributed by atoms with Crippen molar-refractivity contribution in [2.75, 3.05) is 0 Å². The fourth-order valence-corrected chi connectivity index (χ4v) is 1.20. The molecule has 1 N–H and O–H groups in total. The molecule has 0 fully saturated rings. The Bertz CT molecular complexity index is 434. The number of benzene rings is 1. The Morgan fingerprint density at radius 1 is 1.38 bits per heavy atom. The van der Waals surface area contributed by atoms with Crippen LogP contribution in [-0.4, -0.2) is 5.11 Å². The van der Waals surface area contributed by atoms with Crippen LogP contribution in [0.1, 0.15) is 11.9 Å². The zero-order valence-electron chi connectivity index (χ0n) is 6.77. The predicted octanol–water partition coefficient (Wildman–Crippen LogP) is 1.99. The zero-order valence-corrected chi connectivity index (χ0v) is 6.77. The summed E-state index contributed by atoms with van der Waals surface area (Å²) in [6.45, 7) is 0. The van der Waals surface area contributed by atoms with Gasteiger partial charge in [0.15, 0.2) is 6.10 Å². The number of para-hydroxylation sites is 1. The maximum Gasteiger partial charge on any atom is 0.198 e. The first-order valence-electron chi connectivity index (χ1n) is 3.87. The van der Waals surface area contributed by atoms with E-state index < -0.39 is 6.10 Å². The fourth-order valence-electron chi connectivity index (χ4n) is 1.20. The molecule has 2 aromatic rings. The van der Waals surface area contributed by atoms with Crippen LogP contribution >= 0.6 is 0 Å². The van der Waals surface area contributed by atoms with E-state index >= 15 is 0 Å². The van der Waals surface area contributed by atoms with Crippen LogP contribution in [0.25, 0.3) is 11.0 Å². The molecular formula is C10H7NO2. The smallest absolute Gasteiger partial charge is 0.198 e. The molecule has 1 heterocycles. The van der Waals surface area contributed by atoms with Gasteiger partial charge in [0.05, 0.1) is 0 Å². The fraction of sp³-hybridized carbons (Fsp3) is 0.100. The molecule has 0 radical (unpaired) electrons. The average molecular weight is 173 g/mol. The van der Waals surface area contributed by atoms with Crippen molar-refractivity contribution in [1.82, 2.24) is 0 Å². The Hall–Kier alpha value is -1.79. The van der Waals surface area contributed by atoms with E-state index in [9.17, 15) is 5.11 Å². The SMILES string of the molecule is N#CC(O)c1cc2ccccc2o1. The lowest BCUT2D eigenvalue weighted by Crippen LogP contribution is -1.88. The second kappa shape index (κ2) is 2.92. The van der Waals surface area contributed by atoms with Crippen LogP contribution in [0.4, 0.5) is 0 Å². The van der Waals surface area contributed by atoms with Crippen molar-refractivity contribution in [3.63, 3.8) is 0 Å². The highest BCUT2D eigenvalue weighted by molar-refractivity contribution is 5.77. The number of aliphatic hydroxyl groups is 1. The van der Waals surface area contributed by atoms with Gasteiger partial charge in [-0.25, -0.2) is 0 Å². The first-order valence-corrected chi connectivity index (χ1v) is 3.87. The second-order valence-electron chi connectivity index (χ2n) is 2.72. The molecule has 0 aliphatic rings. The molecule has 1 aromatic carbocycles. The van der Waals surface area contributed by atoms with Gasteiger partial charge in [-0.3, -0.25) is 0 Å². The molecule has 0 bridgehead atoms. The van der Waals surface area contributed by atoms with Crippen molar-refractivity contribution >= 4 is 11.0 Å². The van der Waals surface area contributed by atoms with Crippen LogP contribution in [0.3, 0.4) is 0 Å². The number of fused-ring (bicyclic) bond motifs is 1. The van der Waals surface area contributed by atoms with Crippen LogP contribution in [0.15, 0.2) is 34.7 Å². The third-order valence-electron chi connectivity index (χ3n) is 1.84. The van der Waals surface area contributed by atoms with Crippen LogP contribution in [0, 0.1) is 11.3 Å². The van der Waals surface area contributed by atoms with E-state index in [1.807, 2.05) is 18.2 Å². The summed E-state index contributed by atoms with van der Waals surface area (Å²) in [5, 5.41) is 18.5. The minimum atomic E-state index is -1.17. The highest BCUT2D eigenvalue weighted by Gasteiger charge is 2.11. The molecule has 3 nitrogen and oxygen atoms in total. The summed E-state index contributed by atoms with van der Waals surface area (Å²) in [4.78, 5) is 0. The van der Waals surface area contributed by atoms with Gasteiger partial charge in [0.1, 0.15) is 17.4 Å². The summed E-state index contributed by atoms with van der Waals surface area (Å²) in [5.74, 6) is 0.295. The monoisotopic (exact) mass is 173 g/mol. The van der Waals surface area contributed by atoms with Crippen molar-refractivity contribution < 1.29 is 9.52 Å². The van der Waals surface area contributed by atoms with Gasteiger partial charge in [0.25, 0.3) is 0 Å². The Kier molecular flexibility index (Phi) is 1.76. The minimum Gasteiger partial charge on any atom is -0.457 e. The highest BCUT2D eigenvalue weighted by atomic mass is 16.4. The van der Waals surface area contributed by atoms with Gasteiger partial charge < -0.3 is 9.52 Å². The maximum atomic E-state index is 9.18. The average Bonchev–Trinajstić information content (AvgIpc) is 2.59. The van der Waals surface area contributed by atoms with Crippen molar-refractivity contribution in [1.29, 1.82) is 5.26 Å². The van der Waals surface area contributed by atoms with Crippen LogP contribution < -0.4 is 0 Å². The molecule has 1 unspecified atom stereocenters. The third-order valence-corrected chi connectivity index (χ3v) is 1.84. The molecule has 0 saturated carbocycles. The normalized spacial score (nSPS) is 12.6. The lowest BCUT2D eigenvalue weighted by Gasteiger charge is -1.92. The Morgan fingerprint density at radius 3 is 2.85 bits per heavy atom. The third kappa shape index (κ3) is 1.28. The molecule has 2 rings (SSSR count). The van der Waals surface area contributed by atoms with Gasteiger partial charge in [0.2, 0.25) is 0 Å². The van der Waals surface area contributed by atoms with Crippen LogP contribution in [0.2, 0.25) is 0 Å². The predicted molar refractivity (Wildman–Crippen MR) is 46.8 cm³/mol. The first-order chi connectivity index (χ1) is 6.31. The number of hydrogen-bond donors (Lipinski definition) is 1. The Balaban J connectivity index is 2.57. The standard InChI is InChI=1S/C10H7NO2/c11-6-8(12)10-5-7-3-1-2-4-9(7)13-10/h1-5,8,12H. The first kappa shape index (κ1) is 7.84. The van der Waals surface area contributed by atoms with Gasteiger partial charge >= 0.3 is 0 Å². The molecule has 64 valence electrons. The molecule has 0 amide bonds. The number of rotatable bonds is 1. The van der Waals surface area contributed by atoms with E-state index in [1.165, 1.54) is 0 Å². The van der Waals surface area contributed by atoms with E-state index in [2.05, 4.69) is 0 Å². The summed E-state index contributed by atoms with van der Waals surface area (Å²) in [7, 11) is 0. The Morgan fingerprint density at radius 2 is 2.15 bits per heavy atom. The van der Waals surface area contributed by atoms with Crippen LogP contribution in [0.5, 0.6) is 0 Å². The molecule has 1 atom stereocenters. The van der Waals surface area contributed by atoms with Gasteiger partial charge in [-0.15, -0.1) is 0 Å². The molecule has 3 heteroatoms. The number of furan rings is 1. The summed E-state index contributed by atoms with van der Waals surface area (Å²) in [6.07, 6.45) is -1.17. The molecule has 0 saturated heterocycles. The summed E-state index contributed by atoms with van der Waals surface area (Å²) < 4.78 is 5.25. The van der Waals surface area contributed by atoms with Crippen molar-refractivity contribution in [3.8, 4) is 6.07 Å². The number of nitrogens with zero attached hydrogens (tertiary/aromatic N) is 1. The van der Waals surface area contributed by atoms with Crippen LogP contribution in [-0.2, 0) is 0 Å². The highest BCUT2D eigenvalue weighted by Crippen LogP contribution is 2.22. The van der Waals surface area contributed by atoms with E-state index in [0.717, 1.165) is 5.39 Å². The summed E-state index contributed by atoms with van der Waals surface area (Å²) >= 11 is 0. The number of aliphatic hydroxyl groups excluding tert-OH is 1. The van der Waals surface area contributed by atoms with Gasteiger partial charge in [-0.05, 0) is 12.1 Å². The summed E-state index contributed by atoms with van der Waals surface area (Å²) in [6, 6.07) is 10.8. The van der Waals surface area contributed by atoms with E-state index in [4.69, 9.17) is 9.68 Å². The topological polar surface area (TPSA) is 57.2 Å². The van der Waals surface area contributed by atoms with Gasteiger partial charge in [0, 0.05) is 5.39 Å². The molecule has 0 aliphatic heterocycles. The number of hydrogen-bond acceptors (Lipinski definition) is 3. The minimum absolute atomic E-state index is 0.295.